The van der Waals surface area contributed by atoms with Gasteiger partial charge in [-0.1, -0.05) is 29.8 Å². The van der Waals surface area contributed by atoms with Crippen LogP contribution in [0.2, 0.25) is 5.02 Å². The van der Waals surface area contributed by atoms with Crippen molar-refractivity contribution in [3.63, 3.8) is 0 Å². The van der Waals surface area contributed by atoms with E-state index in [9.17, 15) is 4.79 Å². The number of hydrogen-bond acceptors (Lipinski definition) is 4. The molecule has 7 rings (SSSR count). The standard InChI is InChI=1S/C30H37ClN2O2/c1-35-29(34)25-4-2-3-5-27(25)32-23-7-9-24(10-8-23)33-28-11-6-22(15-26(28)31)30-16-19-12-20(17-30)14-21(13-19)18-30/h2-6,11,15,19-21,23-24,32-33H,7-10,12-14,16-18H2,1H3. The molecule has 5 heteroatoms. The lowest BCUT2D eigenvalue weighted by molar-refractivity contribution is -0.00518. The summed E-state index contributed by atoms with van der Waals surface area (Å²) in [5, 5.41) is 8.20. The van der Waals surface area contributed by atoms with E-state index in [0.29, 0.717) is 23.1 Å². The van der Waals surface area contributed by atoms with E-state index in [1.807, 2.05) is 24.3 Å². The highest BCUT2D eigenvalue weighted by atomic mass is 35.5. The van der Waals surface area contributed by atoms with Crippen LogP contribution in [0.25, 0.3) is 0 Å². The number of methoxy groups -OCH3 is 1. The highest BCUT2D eigenvalue weighted by Crippen LogP contribution is 2.61. The van der Waals surface area contributed by atoms with Gasteiger partial charge in [-0.2, -0.15) is 0 Å². The molecule has 0 saturated heterocycles. The van der Waals surface area contributed by atoms with E-state index in [4.69, 9.17) is 16.3 Å². The fraction of sp³-hybridized carbons (Fsp3) is 0.567. The summed E-state index contributed by atoms with van der Waals surface area (Å²) in [7, 11) is 1.43. The van der Waals surface area contributed by atoms with Gasteiger partial charge in [0.25, 0.3) is 0 Å². The monoisotopic (exact) mass is 492 g/mol. The Hall–Kier alpha value is -2.20. The molecule has 5 aliphatic rings. The third-order valence-electron chi connectivity index (χ3n) is 9.40. The summed E-state index contributed by atoms with van der Waals surface area (Å²) in [5.41, 5.74) is 4.42. The van der Waals surface area contributed by atoms with E-state index in [1.165, 1.54) is 51.2 Å². The van der Waals surface area contributed by atoms with Crippen LogP contribution in [0.15, 0.2) is 42.5 Å². The maximum absolute atomic E-state index is 12.1. The van der Waals surface area contributed by atoms with Crippen molar-refractivity contribution in [1.29, 1.82) is 0 Å². The van der Waals surface area contributed by atoms with Crippen LogP contribution in [0, 0.1) is 17.8 Å². The third-order valence-corrected chi connectivity index (χ3v) is 9.71. The lowest BCUT2D eigenvalue weighted by Gasteiger charge is -2.57. The molecule has 0 aromatic heterocycles. The zero-order valence-electron chi connectivity index (χ0n) is 20.7. The van der Waals surface area contributed by atoms with Crippen LogP contribution in [0.4, 0.5) is 11.4 Å². The summed E-state index contributed by atoms with van der Waals surface area (Å²) in [6, 6.07) is 15.3. The second kappa shape index (κ2) is 9.35. The first kappa shape index (κ1) is 23.2. The van der Waals surface area contributed by atoms with Crippen molar-refractivity contribution >= 4 is 28.9 Å². The fourth-order valence-electron chi connectivity index (χ4n) is 8.15. The molecule has 186 valence electrons. The number of esters is 1. The Bertz CT molecular complexity index is 1060. The van der Waals surface area contributed by atoms with E-state index < -0.39 is 0 Å². The average molecular weight is 493 g/mol. The van der Waals surface area contributed by atoms with Gasteiger partial charge >= 0.3 is 5.97 Å². The molecule has 5 aliphatic carbocycles. The number of carbonyl (C=O) groups is 1. The summed E-state index contributed by atoms with van der Waals surface area (Å²) in [6.45, 7) is 0. The van der Waals surface area contributed by atoms with Gasteiger partial charge in [0, 0.05) is 17.8 Å². The minimum Gasteiger partial charge on any atom is -0.465 e. The Balaban J connectivity index is 1.07. The van der Waals surface area contributed by atoms with Gasteiger partial charge in [0.2, 0.25) is 0 Å². The van der Waals surface area contributed by atoms with Crippen LogP contribution in [-0.2, 0) is 10.2 Å². The molecule has 2 aromatic rings. The number of carbonyl (C=O) groups excluding carboxylic acids is 1. The van der Waals surface area contributed by atoms with E-state index in [1.54, 1.807) is 0 Å². The number of para-hydroxylation sites is 1. The Kier molecular flexibility index (Phi) is 6.20. The van der Waals surface area contributed by atoms with Crippen LogP contribution < -0.4 is 10.6 Å². The van der Waals surface area contributed by atoms with Gasteiger partial charge in [-0.15, -0.1) is 0 Å². The lowest BCUT2D eigenvalue weighted by Crippen LogP contribution is -2.48. The number of halogens is 1. The number of hydrogen-bond donors (Lipinski definition) is 2. The van der Waals surface area contributed by atoms with Crippen molar-refractivity contribution in [2.45, 2.75) is 81.7 Å². The van der Waals surface area contributed by atoms with Crippen molar-refractivity contribution in [3.05, 3.63) is 58.6 Å². The predicted octanol–water partition coefficient (Wildman–Crippen LogP) is 7.43. The van der Waals surface area contributed by atoms with E-state index >= 15 is 0 Å². The predicted molar refractivity (Wildman–Crippen MR) is 142 cm³/mol. The summed E-state index contributed by atoms with van der Waals surface area (Å²) >= 11 is 6.87. The van der Waals surface area contributed by atoms with Crippen LogP contribution in [0.5, 0.6) is 0 Å². The number of benzene rings is 2. The molecule has 5 saturated carbocycles. The van der Waals surface area contributed by atoms with Crippen molar-refractivity contribution in [1.82, 2.24) is 0 Å². The lowest BCUT2D eigenvalue weighted by atomic mass is 9.48. The normalized spacial score (nSPS) is 33.4. The molecule has 0 unspecified atom stereocenters. The van der Waals surface area contributed by atoms with E-state index in [0.717, 1.165) is 59.8 Å². The topological polar surface area (TPSA) is 50.4 Å². The SMILES string of the molecule is COC(=O)c1ccccc1NC1CCC(Nc2ccc(C34CC5CC(CC(C5)C3)C4)cc2Cl)CC1. The van der Waals surface area contributed by atoms with Gasteiger partial charge in [0.1, 0.15) is 0 Å². The number of nitrogens with one attached hydrogen (secondary N) is 2. The van der Waals surface area contributed by atoms with Crippen LogP contribution >= 0.6 is 11.6 Å². The first-order valence-corrected chi connectivity index (χ1v) is 13.9. The Labute approximate surface area is 214 Å². The van der Waals surface area contributed by atoms with Gasteiger partial charge in [-0.25, -0.2) is 4.79 Å². The van der Waals surface area contributed by atoms with Crippen molar-refractivity contribution in [2.24, 2.45) is 17.8 Å². The zero-order valence-corrected chi connectivity index (χ0v) is 21.4. The summed E-state index contributed by atoms with van der Waals surface area (Å²) in [4.78, 5) is 12.1. The van der Waals surface area contributed by atoms with Crippen molar-refractivity contribution in [2.75, 3.05) is 17.7 Å². The van der Waals surface area contributed by atoms with Crippen molar-refractivity contribution in [3.8, 4) is 0 Å². The molecule has 0 radical (unpaired) electrons. The van der Waals surface area contributed by atoms with Gasteiger partial charge in [-0.05, 0) is 117 Å². The molecular formula is C30H37ClN2O2. The molecule has 0 heterocycles. The van der Waals surface area contributed by atoms with E-state index in [-0.39, 0.29) is 5.97 Å². The summed E-state index contributed by atoms with van der Waals surface area (Å²) in [5.74, 6) is 2.54. The zero-order chi connectivity index (χ0) is 24.0. The van der Waals surface area contributed by atoms with Crippen LogP contribution in [-0.4, -0.2) is 25.2 Å². The minimum absolute atomic E-state index is 0.296. The van der Waals surface area contributed by atoms with Crippen molar-refractivity contribution < 1.29 is 9.53 Å². The maximum atomic E-state index is 12.1. The molecular weight excluding hydrogens is 456 g/mol. The van der Waals surface area contributed by atoms with Gasteiger partial charge in [0.15, 0.2) is 0 Å². The number of rotatable bonds is 6. The van der Waals surface area contributed by atoms with E-state index in [2.05, 4.69) is 28.8 Å². The molecule has 0 spiro atoms. The first-order chi connectivity index (χ1) is 17.0. The molecule has 4 nitrogen and oxygen atoms in total. The molecule has 0 amide bonds. The van der Waals surface area contributed by atoms with Crippen LogP contribution in [0.1, 0.15) is 80.1 Å². The number of anilines is 2. The maximum Gasteiger partial charge on any atom is 0.339 e. The highest BCUT2D eigenvalue weighted by Gasteiger charge is 2.51. The summed E-state index contributed by atoms with van der Waals surface area (Å²) in [6.07, 6.45) is 12.8. The Morgan fingerprint density at radius 2 is 1.43 bits per heavy atom. The Morgan fingerprint density at radius 3 is 2.00 bits per heavy atom. The third kappa shape index (κ3) is 4.55. The molecule has 2 N–H and O–H groups in total. The van der Waals surface area contributed by atoms with Gasteiger partial charge in [-0.3, -0.25) is 0 Å². The molecule has 35 heavy (non-hydrogen) atoms. The molecule has 0 atom stereocenters. The molecule has 2 aromatic carbocycles. The van der Waals surface area contributed by atoms with Gasteiger partial charge in [0.05, 0.1) is 23.4 Å². The largest absolute Gasteiger partial charge is 0.465 e. The first-order valence-electron chi connectivity index (χ1n) is 13.5. The highest BCUT2D eigenvalue weighted by molar-refractivity contribution is 6.33. The van der Waals surface area contributed by atoms with Gasteiger partial charge < -0.3 is 15.4 Å². The summed E-state index contributed by atoms with van der Waals surface area (Å²) < 4.78 is 4.94. The molecule has 4 bridgehead atoms. The smallest absolute Gasteiger partial charge is 0.339 e. The minimum atomic E-state index is -0.296. The second-order valence-electron chi connectivity index (χ2n) is 11.8. The second-order valence-corrected chi connectivity index (χ2v) is 12.2. The average Bonchev–Trinajstić information content (AvgIpc) is 2.85. The Morgan fingerprint density at radius 1 is 0.857 bits per heavy atom. The van der Waals surface area contributed by atoms with Crippen LogP contribution in [0.3, 0.4) is 0 Å². The molecule has 5 fully saturated rings. The number of ether oxygens (including phenoxy) is 1. The fourth-order valence-corrected chi connectivity index (χ4v) is 8.38. The quantitative estimate of drug-likeness (QED) is 0.411. The molecule has 0 aliphatic heterocycles.